The van der Waals surface area contributed by atoms with Crippen molar-refractivity contribution in [2.45, 2.75) is 37.4 Å². The number of nitrogens with two attached hydrogens (primary N) is 1. The van der Waals surface area contributed by atoms with Gasteiger partial charge in [-0.25, -0.2) is 8.78 Å². The van der Waals surface area contributed by atoms with Gasteiger partial charge in [0.15, 0.2) is 0 Å². The van der Waals surface area contributed by atoms with Gasteiger partial charge in [-0.3, -0.25) is 0 Å². The lowest BCUT2D eigenvalue weighted by Crippen LogP contribution is -2.36. The van der Waals surface area contributed by atoms with E-state index in [1.54, 1.807) is 0 Å². The Morgan fingerprint density at radius 1 is 1.47 bits per heavy atom. The third-order valence-electron chi connectivity index (χ3n) is 3.38. The molecule has 2 N–H and O–H groups in total. The van der Waals surface area contributed by atoms with E-state index in [0.717, 1.165) is 12.8 Å². The Labute approximate surface area is 99.8 Å². The molecule has 0 amide bonds. The van der Waals surface area contributed by atoms with Gasteiger partial charge in [-0.15, -0.1) is 0 Å². The van der Waals surface area contributed by atoms with Crippen LogP contribution in [-0.4, -0.2) is 13.2 Å². The molecule has 1 aromatic rings. The number of alkyl halides is 1. The number of halogens is 2. The zero-order chi connectivity index (χ0) is 12.5. The van der Waals surface area contributed by atoms with Crippen LogP contribution >= 0.6 is 0 Å². The molecule has 1 saturated carbocycles. The van der Waals surface area contributed by atoms with Gasteiger partial charge in [-0.2, -0.15) is 0 Å². The van der Waals surface area contributed by atoms with E-state index < -0.39 is 11.5 Å². The van der Waals surface area contributed by atoms with Crippen molar-refractivity contribution in [3.05, 3.63) is 29.6 Å². The highest BCUT2D eigenvalue weighted by Crippen LogP contribution is 2.44. The van der Waals surface area contributed by atoms with E-state index in [1.165, 1.54) is 25.3 Å². The summed E-state index contributed by atoms with van der Waals surface area (Å²) < 4.78 is 33.2. The molecule has 1 aliphatic rings. The molecule has 1 fully saturated rings. The number of hydrogen-bond acceptors (Lipinski definition) is 2. The number of benzene rings is 1. The Bertz CT molecular complexity index is 410. The summed E-state index contributed by atoms with van der Waals surface area (Å²) in [5.74, 6) is -0.0556. The maximum absolute atomic E-state index is 14.9. The van der Waals surface area contributed by atoms with Gasteiger partial charge < -0.3 is 10.5 Å². The second kappa shape index (κ2) is 4.61. The van der Waals surface area contributed by atoms with Crippen LogP contribution in [0.5, 0.6) is 5.75 Å². The molecule has 1 aromatic carbocycles. The van der Waals surface area contributed by atoms with Crippen LogP contribution in [0.25, 0.3) is 0 Å². The van der Waals surface area contributed by atoms with Crippen LogP contribution in [0.2, 0.25) is 0 Å². The zero-order valence-electron chi connectivity index (χ0n) is 9.88. The van der Waals surface area contributed by atoms with E-state index in [9.17, 15) is 8.78 Å². The fraction of sp³-hybridized carbons (Fsp3) is 0.538. The minimum atomic E-state index is -1.56. The molecule has 94 valence electrons. The van der Waals surface area contributed by atoms with Crippen molar-refractivity contribution in [3.63, 3.8) is 0 Å². The summed E-state index contributed by atoms with van der Waals surface area (Å²) in [5, 5.41) is 0. The van der Waals surface area contributed by atoms with Crippen molar-refractivity contribution in [2.24, 2.45) is 5.73 Å². The van der Waals surface area contributed by atoms with Crippen molar-refractivity contribution in [1.29, 1.82) is 0 Å². The van der Waals surface area contributed by atoms with E-state index in [2.05, 4.69) is 0 Å². The third-order valence-corrected chi connectivity index (χ3v) is 3.38. The maximum atomic E-state index is 14.9. The second-order valence-electron chi connectivity index (χ2n) is 4.67. The normalized spacial score (nSPS) is 29.1. The lowest BCUT2D eigenvalue weighted by atomic mass is 9.78. The van der Waals surface area contributed by atoms with Gasteiger partial charge in [0, 0.05) is 18.0 Å². The molecule has 0 aromatic heterocycles. The Morgan fingerprint density at radius 3 is 2.88 bits per heavy atom. The van der Waals surface area contributed by atoms with Crippen LogP contribution in [0.15, 0.2) is 18.2 Å². The summed E-state index contributed by atoms with van der Waals surface area (Å²) in [6.07, 6.45) is 2.15. The standard InChI is InChI=1S/C13H17F2NO/c1-17-12-5-4-9(14)7-11(12)13(15)6-2-3-10(16)8-13/h4-5,7,10H,2-3,6,8,16H2,1H3. The molecule has 2 atom stereocenters. The molecule has 2 unspecified atom stereocenters. The smallest absolute Gasteiger partial charge is 0.141 e. The maximum Gasteiger partial charge on any atom is 0.141 e. The molecule has 1 aliphatic carbocycles. The quantitative estimate of drug-likeness (QED) is 0.864. The first kappa shape index (κ1) is 12.3. The predicted octanol–water partition coefficient (Wildman–Crippen LogP) is 2.90. The topological polar surface area (TPSA) is 35.2 Å². The molecule has 0 heterocycles. The van der Waals surface area contributed by atoms with Gasteiger partial charge in [0.2, 0.25) is 0 Å². The molecule has 0 radical (unpaired) electrons. The first-order chi connectivity index (χ1) is 8.05. The summed E-state index contributed by atoms with van der Waals surface area (Å²) in [5.41, 5.74) is 4.53. The van der Waals surface area contributed by atoms with Crippen molar-refractivity contribution in [1.82, 2.24) is 0 Å². The first-order valence-corrected chi connectivity index (χ1v) is 5.84. The van der Waals surface area contributed by atoms with Crippen LogP contribution < -0.4 is 10.5 Å². The molecule has 2 nitrogen and oxygen atoms in total. The van der Waals surface area contributed by atoms with Crippen LogP contribution in [0.4, 0.5) is 8.78 Å². The van der Waals surface area contributed by atoms with E-state index in [0.29, 0.717) is 12.2 Å². The monoisotopic (exact) mass is 241 g/mol. The SMILES string of the molecule is COc1ccc(F)cc1C1(F)CCCC(N)C1. The molecule has 0 aliphatic heterocycles. The van der Waals surface area contributed by atoms with Gasteiger partial charge in [-0.05, 0) is 37.5 Å². The minimum absolute atomic E-state index is 0.165. The minimum Gasteiger partial charge on any atom is -0.496 e. The fourth-order valence-electron chi connectivity index (χ4n) is 2.54. The van der Waals surface area contributed by atoms with Crippen LogP contribution in [-0.2, 0) is 5.67 Å². The molecular weight excluding hydrogens is 224 g/mol. The van der Waals surface area contributed by atoms with Gasteiger partial charge in [0.1, 0.15) is 17.2 Å². The molecule has 0 spiro atoms. The number of methoxy groups -OCH3 is 1. The highest BCUT2D eigenvalue weighted by atomic mass is 19.1. The average Bonchev–Trinajstić information content (AvgIpc) is 2.28. The van der Waals surface area contributed by atoms with Crippen molar-refractivity contribution >= 4 is 0 Å². The molecule has 17 heavy (non-hydrogen) atoms. The van der Waals surface area contributed by atoms with Crippen molar-refractivity contribution < 1.29 is 13.5 Å². The lowest BCUT2D eigenvalue weighted by Gasteiger charge is -2.34. The van der Waals surface area contributed by atoms with Crippen LogP contribution in [0, 0.1) is 5.82 Å². The third kappa shape index (κ3) is 2.41. The molecule has 2 rings (SSSR count). The lowest BCUT2D eigenvalue weighted by molar-refractivity contribution is 0.0911. The predicted molar refractivity (Wildman–Crippen MR) is 62.2 cm³/mol. The summed E-state index contributed by atoms with van der Waals surface area (Å²) in [7, 11) is 1.46. The highest BCUT2D eigenvalue weighted by Gasteiger charge is 2.39. The van der Waals surface area contributed by atoms with E-state index in [1.807, 2.05) is 0 Å². The Morgan fingerprint density at radius 2 is 2.24 bits per heavy atom. The summed E-state index contributed by atoms with van der Waals surface area (Å²) in [6, 6.07) is 3.79. The van der Waals surface area contributed by atoms with Gasteiger partial charge in [0.05, 0.1) is 7.11 Å². The Hall–Kier alpha value is -1.16. The largest absolute Gasteiger partial charge is 0.496 e. The molecular formula is C13H17F2NO. The van der Waals surface area contributed by atoms with E-state index in [-0.39, 0.29) is 18.0 Å². The number of ether oxygens (including phenoxy) is 1. The van der Waals surface area contributed by atoms with Crippen molar-refractivity contribution in [2.75, 3.05) is 7.11 Å². The molecule has 0 bridgehead atoms. The summed E-state index contributed by atoms with van der Waals surface area (Å²) >= 11 is 0. The van der Waals surface area contributed by atoms with Gasteiger partial charge in [0.25, 0.3) is 0 Å². The van der Waals surface area contributed by atoms with Crippen LogP contribution in [0.1, 0.15) is 31.2 Å². The molecule has 4 heteroatoms. The van der Waals surface area contributed by atoms with Gasteiger partial charge in [-0.1, -0.05) is 0 Å². The highest BCUT2D eigenvalue weighted by molar-refractivity contribution is 5.39. The Balaban J connectivity index is 2.40. The van der Waals surface area contributed by atoms with Gasteiger partial charge >= 0.3 is 0 Å². The summed E-state index contributed by atoms with van der Waals surface area (Å²) in [6.45, 7) is 0. The number of rotatable bonds is 2. The van der Waals surface area contributed by atoms with Crippen LogP contribution in [0.3, 0.4) is 0 Å². The first-order valence-electron chi connectivity index (χ1n) is 5.84. The zero-order valence-corrected chi connectivity index (χ0v) is 9.88. The second-order valence-corrected chi connectivity index (χ2v) is 4.67. The fourth-order valence-corrected chi connectivity index (χ4v) is 2.54. The Kier molecular flexibility index (Phi) is 3.33. The average molecular weight is 241 g/mol. The molecule has 0 saturated heterocycles. The van der Waals surface area contributed by atoms with Crippen molar-refractivity contribution in [3.8, 4) is 5.75 Å². The van der Waals surface area contributed by atoms with E-state index >= 15 is 0 Å². The van der Waals surface area contributed by atoms with E-state index in [4.69, 9.17) is 10.5 Å². The summed E-state index contributed by atoms with van der Waals surface area (Å²) in [4.78, 5) is 0. The number of hydrogen-bond donors (Lipinski definition) is 1.